The van der Waals surface area contributed by atoms with Crippen molar-refractivity contribution in [1.29, 1.82) is 0 Å². The minimum atomic E-state index is -0.564. The first-order chi connectivity index (χ1) is 9.47. The SMILES string of the molecule is CC(=O)c1cc(Sc2ccc(Cl)cn2)ccc1[N+](=O)[O-]. The van der Waals surface area contributed by atoms with Gasteiger partial charge in [0.05, 0.1) is 15.5 Å². The van der Waals surface area contributed by atoms with Crippen molar-refractivity contribution < 1.29 is 9.72 Å². The van der Waals surface area contributed by atoms with Gasteiger partial charge in [-0.25, -0.2) is 4.98 Å². The zero-order valence-electron chi connectivity index (χ0n) is 10.4. The number of carbonyl (C=O) groups excluding carboxylic acids is 1. The van der Waals surface area contributed by atoms with Gasteiger partial charge >= 0.3 is 0 Å². The maximum absolute atomic E-state index is 11.5. The second kappa shape index (κ2) is 6.02. The molecule has 0 saturated heterocycles. The van der Waals surface area contributed by atoms with Crippen LogP contribution in [0.3, 0.4) is 0 Å². The number of hydrogen-bond acceptors (Lipinski definition) is 5. The Morgan fingerprint density at radius 3 is 2.65 bits per heavy atom. The lowest BCUT2D eigenvalue weighted by Gasteiger charge is -2.04. The molecule has 0 aliphatic carbocycles. The average molecular weight is 309 g/mol. The molecule has 0 atom stereocenters. The molecule has 5 nitrogen and oxygen atoms in total. The molecule has 0 fully saturated rings. The molecule has 2 aromatic rings. The van der Waals surface area contributed by atoms with E-state index in [0.717, 1.165) is 0 Å². The van der Waals surface area contributed by atoms with Crippen molar-refractivity contribution in [2.75, 3.05) is 0 Å². The van der Waals surface area contributed by atoms with Crippen LogP contribution in [0.15, 0.2) is 46.5 Å². The van der Waals surface area contributed by atoms with E-state index in [-0.39, 0.29) is 17.0 Å². The van der Waals surface area contributed by atoms with Crippen LogP contribution in [0, 0.1) is 10.1 Å². The molecule has 1 aromatic heterocycles. The summed E-state index contributed by atoms with van der Waals surface area (Å²) in [7, 11) is 0. The number of aromatic nitrogens is 1. The van der Waals surface area contributed by atoms with Gasteiger partial charge in [0.2, 0.25) is 0 Å². The fourth-order valence-corrected chi connectivity index (χ4v) is 2.47. The molecular formula is C13H9ClN2O3S. The Morgan fingerprint density at radius 1 is 1.35 bits per heavy atom. The van der Waals surface area contributed by atoms with Crippen LogP contribution in [0.25, 0.3) is 0 Å². The third-order valence-electron chi connectivity index (χ3n) is 2.47. The number of benzene rings is 1. The zero-order chi connectivity index (χ0) is 14.7. The van der Waals surface area contributed by atoms with Gasteiger partial charge in [-0.2, -0.15) is 0 Å². The molecule has 20 heavy (non-hydrogen) atoms. The highest BCUT2D eigenvalue weighted by Crippen LogP contribution is 2.30. The number of halogens is 1. The zero-order valence-corrected chi connectivity index (χ0v) is 11.9. The van der Waals surface area contributed by atoms with Crippen LogP contribution in [0.4, 0.5) is 5.69 Å². The predicted octanol–water partition coefficient (Wildman–Crippen LogP) is 4.00. The summed E-state index contributed by atoms with van der Waals surface area (Å²) in [5, 5.41) is 12.1. The first-order valence-electron chi connectivity index (χ1n) is 5.56. The highest BCUT2D eigenvalue weighted by Gasteiger charge is 2.18. The Balaban J connectivity index is 2.34. The molecule has 0 N–H and O–H groups in total. The fourth-order valence-electron chi connectivity index (χ4n) is 1.56. The standard InChI is InChI=1S/C13H9ClN2O3S/c1-8(17)11-6-10(3-4-12(11)16(18)19)20-13-5-2-9(14)7-15-13/h2-7H,1H3. The molecule has 0 aliphatic heterocycles. The number of hydrogen-bond donors (Lipinski definition) is 0. The Labute approximate surface area is 124 Å². The summed E-state index contributed by atoms with van der Waals surface area (Å²) in [6.45, 7) is 1.30. The van der Waals surface area contributed by atoms with E-state index in [1.807, 2.05) is 0 Å². The van der Waals surface area contributed by atoms with Gasteiger partial charge in [-0.1, -0.05) is 23.4 Å². The number of nitrogens with zero attached hydrogens (tertiary/aromatic N) is 2. The molecule has 7 heteroatoms. The van der Waals surface area contributed by atoms with E-state index in [0.29, 0.717) is 14.9 Å². The summed E-state index contributed by atoms with van der Waals surface area (Å²) in [6, 6.07) is 7.86. The average Bonchev–Trinajstić information content (AvgIpc) is 2.41. The first-order valence-corrected chi connectivity index (χ1v) is 6.75. The summed E-state index contributed by atoms with van der Waals surface area (Å²) in [6.07, 6.45) is 1.52. The Bertz CT molecular complexity index is 674. The van der Waals surface area contributed by atoms with Crippen molar-refractivity contribution >= 4 is 34.8 Å². The van der Waals surface area contributed by atoms with Gasteiger partial charge in [0.15, 0.2) is 5.78 Å². The van der Waals surface area contributed by atoms with Crippen LogP contribution in [0.5, 0.6) is 0 Å². The molecule has 1 heterocycles. The summed E-state index contributed by atoms with van der Waals surface area (Å²) in [4.78, 5) is 26.6. The number of ketones is 1. The number of nitro groups is 1. The van der Waals surface area contributed by atoms with Crippen LogP contribution in [-0.4, -0.2) is 15.7 Å². The monoisotopic (exact) mass is 308 g/mol. The maximum Gasteiger partial charge on any atom is 0.280 e. The van der Waals surface area contributed by atoms with Gasteiger partial charge < -0.3 is 0 Å². The van der Waals surface area contributed by atoms with Gasteiger partial charge in [-0.05, 0) is 31.2 Å². The molecule has 0 unspecified atom stereocenters. The predicted molar refractivity (Wildman–Crippen MR) is 76.5 cm³/mol. The second-order valence-corrected chi connectivity index (χ2v) is 5.44. The smallest absolute Gasteiger partial charge is 0.280 e. The first kappa shape index (κ1) is 14.5. The number of rotatable bonds is 4. The van der Waals surface area contributed by atoms with Crippen molar-refractivity contribution in [1.82, 2.24) is 4.98 Å². The van der Waals surface area contributed by atoms with E-state index >= 15 is 0 Å². The lowest BCUT2D eigenvalue weighted by molar-refractivity contribution is -0.385. The van der Waals surface area contributed by atoms with Gasteiger partial charge in [-0.15, -0.1) is 0 Å². The van der Waals surface area contributed by atoms with Crippen molar-refractivity contribution in [3.63, 3.8) is 0 Å². The number of Topliss-reactive ketones (excluding diaryl/α,β-unsaturated/α-hetero) is 1. The topological polar surface area (TPSA) is 73.1 Å². The van der Waals surface area contributed by atoms with Crippen molar-refractivity contribution in [3.8, 4) is 0 Å². The fraction of sp³-hybridized carbons (Fsp3) is 0.0769. The molecule has 1 aromatic carbocycles. The number of pyridine rings is 1. The highest BCUT2D eigenvalue weighted by atomic mass is 35.5. The van der Waals surface area contributed by atoms with Crippen LogP contribution in [0.2, 0.25) is 5.02 Å². The van der Waals surface area contributed by atoms with Gasteiger partial charge in [0, 0.05) is 17.2 Å². The van der Waals surface area contributed by atoms with E-state index in [2.05, 4.69) is 4.98 Å². The molecule has 0 aliphatic rings. The third-order valence-corrected chi connectivity index (χ3v) is 3.63. The van der Waals surface area contributed by atoms with E-state index in [4.69, 9.17) is 11.6 Å². The molecule has 102 valence electrons. The van der Waals surface area contributed by atoms with Crippen LogP contribution >= 0.6 is 23.4 Å². The van der Waals surface area contributed by atoms with E-state index in [1.54, 1.807) is 18.2 Å². The largest absolute Gasteiger partial charge is 0.294 e. The lowest BCUT2D eigenvalue weighted by Crippen LogP contribution is -2.00. The molecule has 2 rings (SSSR count). The van der Waals surface area contributed by atoms with E-state index in [9.17, 15) is 14.9 Å². The summed E-state index contributed by atoms with van der Waals surface area (Å²) >= 11 is 7.05. The summed E-state index contributed by atoms with van der Waals surface area (Å²) < 4.78 is 0. The molecule has 0 radical (unpaired) electrons. The molecule has 0 bridgehead atoms. The molecule has 0 spiro atoms. The summed E-state index contributed by atoms with van der Waals surface area (Å²) in [5.41, 5.74) is -0.0973. The highest BCUT2D eigenvalue weighted by molar-refractivity contribution is 7.99. The van der Waals surface area contributed by atoms with Crippen molar-refractivity contribution in [3.05, 3.63) is 57.2 Å². The van der Waals surface area contributed by atoms with Crippen molar-refractivity contribution in [2.45, 2.75) is 16.8 Å². The lowest BCUT2D eigenvalue weighted by atomic mass is 10.1. The summed E-state index contributed by atoms with van der Waals surface area (Å²) in [5.74, 6) is -0.344. The normalized spacial score (nSPS) is 10.3. The third kappa shape index (κ3) is 3.34. The van der Waals surface area contributed by atoms with E-state index in [1.165, 1.54) is 37.0 Å². The van der Waals surface area contributed by atoms with Crippen molar-refractivity contribution in [2.24, 2.45) is 0 Å². The van der Waals surface area contributed by atoms with Gasteiger partial charge in [0.25, 0.3) is 5.69 Å². The van der Waals surface area contributed by atoms with Crippen LogP contribution in [-0.2, 0) is 0 Å². The Kier molecular flexibility index (Phi) is 4.36. The van der Waals surface area contributed by atoms with E-state index < -0.39 is 4.92 Å². The number of carbonyl (C=O) groups is 1. The number of nitro benzene ring substituents is 1. The maximum atomic E-state index is 11.5. The molecule has 0 amide bonds. The minimum absolute atomic E-state index is 0.0916. The Morgan fingerprint density at radius 2 is 2.10 bits per heavy atom. The molecule has 0 saturated carbocycles. The Hall–Kier alpha value is -1.92. The van der Waals surface area contributed by atoms with Gasteiger partial charge in [0.1, 0.15) is 5.03 Å². The minimum Gasteiger partial charge on any atom is -0.294 e. The van der Waals surface area contributed by atoms with Crippen LogP contribution < -0.4 is 0 Å². The molecular weight excluding hydrogens is 300 g/mol. The van der Waals surface area contributed by atoms with Gasteiger partial charge in [-0.3, -0.25) is 14.9 Å². The quantitative estimate of drug-likeness (QED) is 0.485. The van der Waals surface area contributed by atoms with Crippen LogP contribution in [0.1, 0.15) is 17.3 Å². The second-order valence-electron chi connectivity index (χ2n) is 3.91.